The summed E-state index contributed by atoms with van der Waals surface area (Å²) in [5.41, 5.74) is 0. The molecule has 10 heavy (non-hydrogen) atoms. The third-order valence-electron chi connectivity index (χ3n) is 2.23. The van der Waals surface area contributed by atoms with Crippen LogP contribution < -0.4 is 0 Å². The van der Waals surface area contributed by atoms with Crippen molar-refractivity contribution in [3.63, 3.8) is 0 Å². The molecule has 0 aromatic carbocycles. The third kappa shape index (κ3) is 2.17. The average Bonchev–Trinajstić information content (AvgIpc) is 1.88. The molecule has 1 nitrogen and oxygen atoms in total. The van der Waals surface area contributed by atoms with Crippen LogP contribution in [0.25, 0.3) is 0 Å². The lowest BCUT2D eigenvalue weighted by atomic mass is 9.95. The van der Waals surface area contributed by atoms with Crippen molar-refractivity contribution in [1.29, 1.82) is 0 Å². The predicted molar refractivity (Wildman–Crippen MR) is 48.1 cm³/mol. The number of halogens is 1. The smallest absolute Gasteiger partial charge is 0.198 e. The zero-order valence-corrected chi connectivity index (χ0v) is 8.32. The van der Waals surface area contributed by atoms with Gasteiger partial charge in [0.05, 0.1) is 0 Å². The number of nitrogens with zero attached hydrogens (tertiary/aromatic N) is 1. The lowest BCUT2D eigenvalue weighted by molar-refractivity contribution is 0.245. The highest BCUT2D eigenvalue weighted by atomic mass is 79.9. The fourth-order valence-corrected chi connectivity index (χ4v) is 1.89. The van der Waals surface area contributed by atoms with E-state index in [2.05, 4.69) is 34.9 Å². The Labute approximate surface area is 71.9 Å². The molecule has 0 radical (unpaired) electrons. The van der Waals surface area contributed by atoms with Crippen molar-refractivity contribution < 1.29 is 0 Å². The lowest BCUT2D eigenvalue weighted by Crippen LogP contribution is -2.30. The fourth-order valence-electron chi connectivity index (χ4n) is 1.43. The van der Waals surface area contributed by atoms with Crippen molar-refractivity contribution in [2.75, 3.05) is 14.1 Å². The molecule has 0 saturated heterocycles. The molecule has 0 aliphatic heterocycles. The molecule has 1 saturated carbocycles. The third-order valence-corrected chi connectivity index (χ3v) is 3.02. The molecule has 1 fully saturated rings. The van der Waals surface area contributed by atoms with E-state index in [9.17, 15) is 0 Å². The summed E-state index contributed by atoms with van der Waals surface area (Å²) in [6.07, 6.45) is 5.19. The molecule has 0 bridgehead atoms. The molecule has 2 heteroatoms. The number of hydrogen-bond donors (Lipinski definition) is 0. The quantitative estimate of drug-likeness (QED) is 0.594. The maximum Gasteiger partial charge on any atom is 0.198 e. The molecule has 0 spiro atoms. The van der Waals surface area contributed by atoms with Crippen LogP contribution in [0.3, 0.4) is 0 Å². The first-order valence-corrected chi connectivity index (χ1v) is 4.66. The van der Waals surface area contributed by atoms with E-state index >= 15 is 0 Å². The van der Waals surface area contributed by atoms with E-state index < -0.39 is 0 Å². The van der Waals surface area contributed by atoms with Gasteiger partial charge in [-0.15, -0.1) is 0 Å². The largest absolute Gasteiger partial charge is 0.306 e. The Bertz CT molecular complexity index is 95.4. The first-order valence-electron chi connectivity index (χ1n) is 3.87. The monoisotopic (exact) mass is 204 g/mol. The van der Waals surface area contributed by atoms with Crippen LogP contribution in [0, 0.1) is 4.83 Å². The van der Waals surface area contributed by atoms with Gasteiger partial charge in [-0.25, -0.2) is 0 Å². The summed E-state index contributed by atoms with van der Waals surface area (Å²) in [6.45, 7) is 0. The summed E-state index contributed by atoms with van der Waals surface area (Å²) < 4.78 is 0. The average molecular weight is 205 g/mol. The van der Waals surface area contributed by atoms with Crippen LogP contribution in [-0.2, 0) is 0 Å². The Kier molecular flexibility index (Phi) is 3.05. The maximum atomic E-state index is 3.56. The van der Waals surface area contributed by atoms with Gasteiger partial charge in [0.2, 0.25) is 0 Å². The van der Waals surface area contributed by atoms with Crippen LogP contribution in [0.2, 0.25) is 0 Å². The summed E-state index contributed by atoms with van der Waals surface area (Å²) in [4.78, 5) is 3.84. The van der Waals surface area contributed by atoms with E-state index in [1.165, 1.54) is 30.5 Å². The van der Waals surface area contributed by atoms with Crippen LogP contribution in [0.4, 0.5) is 0 Å². The van der Waals surface area contributed by atoms with Gasteiger partial charge < -0.3 is 4.90 Å². The summed E-state index contributed by atoms with van der Waals surface area (Å²) in [5.74, 6) is 0. The van der Waals surface area contributed by atoms with E-state index in [0.29, 0.717) is 0 Å². The highest BCUT2D eigenvalue weighted by Gasteiger charge is 2.28. The Balaban J connectivity index is 2.26. The standard InChI is InChI=1S/C8H15BrN/c1-10(2)8-5-3-7(9)4-6-8/h8H,3-6H2,1-2H3/q+1. The molecular weight excluding hydrogens is 190 g/mol. The van der Waals surface area contributed by atoms with E-state index in [0.717, 1.165) is 6.04 Å². The van der Waals surface area contributed by atoms with Gasteiger partial charge >= 0.3 is 0 Å². The molecule has 0 aromatic heterocycles. The first kappa shape index (κ1) is 8.41. The van der Waals surface area contributed by atoms with Gasteiger partial charge in [-0.2, -0.15) is 0 Å². The minimum Gasteiger partial charge on any atom is -0.306 e. The van der Waals surface area contributed by atoms with Crippen LogP contribution >= 0.6 is 15.9 Å². The Morgan fingerprint density at radius 3 is 2.20 bits per heavy atom. The van der Waals surface area contributed by atoms with Gasteiger partial charge in [-0.05, 0) is 14.1 Å². The molecule has 1 aliphatic carbocycles. The van der Waals surface area contributed by atoms with Crippen molar-refractivity contribution >= 4 is 15.9 Å². The Hall–Kier alpha value is 0.310. The van der Waals surface area contributed by atoms with Crippen LogP contribution in [0.15, 0.2) is 0 Å². The van der Waals surface area contributed by atoms with Gasteiger partial charge in [0.15, 0.2) is 20.8 Å². The van der Waals surface area contributed by atoms with Crippen molar-refractivity contribution in [1.82, 2.24) is 4.90 Å². The molecule has 1 aliphatic rings. The van der Waals surface area contributed by atoms with Crippen molar-refractivity contribution in [3.05, 3.63) is 4.83 Å². The maximum absolute atomic E-state index is 3.56. The molecule has 0 amide bonds. The van der Waals surface area contributed by atoms with Crippen molar-refractivity contribution in [2.45, 2.75) is 31.7 Å². The van der Waals surface area contributed by atoms with E-state index in [1.54, 1.807) is 0 Å². The topological polar surface area (TPSA) is 3.24 Å². The van der Waals surface area contributed by atoms with Gasteiger partial charge in [-0.3, -0.25) is 0 Å². The van der Waals surface area contributed by atoms with Crippen molar-refractivity contribution in [2.24, 2.45) is 0 Å². The predicted octanol–water partition coefficient (Wildman–Crippen LogP) is 2.42. The number of rotatable bonds is 1. The molecule has 0 heterocycles. The van der Waals surface area contributed by atoms with Crippen molar-refractivity contribution in [3.8, 4) is 0 Å². The van der Waals surface area contributed by atoms with Gasteiger partial charge in [0.1, 0.15) is 12.8 Å². The molecule has 0 aromatic rings. The molecule has 0 unspecified atom stereocenters. The zero-order chi connectivity index (χ0) is 7.56. The van der Waals surface area contributed by atoms with Crippen LogP contribution in [0.1, 0.15) is 25.7 Å². The van der Waals surface area contributed by atoms with E-state index in [-0.39, 0.29) is 0 Å². The van der Waals surface area contributed by atoms with Gasteiger partial charge in [-0.1, -0.05) is 0 Å². The summed E-state index contributed by atoms with van der Waals surface area (Å²) in [7, 11) is 4.34. The SMILES string of the molecule is CN(C)C1CC[C+](Br)CC1. The zero-order valence-electron chi connectivity index (χ0n) is 6.73. The second-order valence-electron chi connectivity index (χ2n) is 3.21. The Morgan fingerprint density at radius 1 is 1.30 bits per heavy atom. The highest BCUT2D eigenvalue weighted by molar-refractivity contribution is 9.11. The van der Waals surface area contributed by atoms with Gasteiger partial charge in [0, 0.05) is 18.9 Å². The molecule has 0 N–H and O–H groups in total. The summed E-state index contributed by atoms with van der Waals surface area (Å²) in [6, 6.07) is 0.821. The second kappa shape index (κ2) is 3.63. The highest BCUT2D eigenvalue weighted by Crippen LogP contribution is 2.31. The molecule has 1 rings (SSSR count). The van der Waals surface area contributed by atoms with Gasteiger partial charge in [0.25, 0.3) is 0 Å². The molecule has 58 valence electrons. The minimum atomic E-state index is 0.821. The lowest BCUT2D eigenvalue weighted by Gasteiger charge is -2.25. The summed E-state index contributed by atoms with van der Waals surface area (Å²) >= 11 is 3.56. The molecule has 0 atom stereocenters. The van der Waals surface area contributed by atoms with Crippen LogP contribution in [0.5, 0.6) is 0 Å². The normalized spacial score (nSPS) is 22.2. The fraction of sp³-hybridized carbons (Fsp3) is 0.875. The Morgan fingerprint density at radius 2 is 1.80 bits per heavy atom. The number of hydrogen-bond acceptors (Lipinski definition) is 1. The van der Waals surface area contributed by atoms with Crippen LogP contribution in [-0.4, -0.2) is 25.0 Å². The molecular formula is C8H15BrN+. The first-order chi connectivity index (χ1) is 4.70. The van der Waals surface area contributed by atoms with E-state index in [1.807, 2.05) is 0 Å². The second-order valence-corrected chi connectivity index (χ2v) is 4.33. The summed E-state index contributed by atoms with van der Waals surface area (Å²) in [5, 5.41) is 0. The minimum absolute atomic E-state index is 0.821. The van der Waals surface area contributed by atoms with E-state index in [4.69, 9.17) is 0 Å².